The largest absolute Gasteiger partial charge is 0.325 e. The van der Waals surface area contributed by atoms with Crippen molar-refractivity contribution in [3.8, 4) is 10.4 Å². The van der Waals surface area contributed by atoms with Gasteiger partial charge in [0, 0.05) is 32.6 Å². The lowest BCUT2D eigenvalue weighted by Crippen LogP contribution is -2.18. The molecule has 1 aromatic heterocycles. The Morgan fingerprint density at radius 3 is 2.27 bits per heavy atom. The van der Waals surface area contributed by atoms with Crippen molar-refractivity contribution in [3.63, 3.8) is 0 Å². The van der Waals surface area contributed by atoms with Gasteiger partial charge in [-0.15, -0.1) is 11.3 Å². The van der Waals surface area contributed by atoms with Crippen LogP contribution in [0.2, 0.25) is 0 Å². The van der Waals surface area contributed by atoms with E-state index in [0.29, 0.717) is 22.5 Å². The van der Waals surface area contributed by atoms with Gasteiger partial charge < -0.3 is 10.6 Å². The van der Waals surface area contributed by atoms with Crippen molar-refractivity contribution in [1.82, 2.24) is 0 Å². The van der Waals surface area contributed by atoms with Gasteiger partial charge in [-0.2, -0.15) is 0 Å². The van der Waals surface area contributed by atoms with Crippen molar-refractivity contribution in [2.24, 2.45) is 0 Å². The molecule has 45 heavy (non-hydrogen) atoms. The highest BCUT2D eigenvalue weighted by atomic mass is 32.1. The van der Waals surface area contributed by atoms with E-state index in [9.17, 15) is 14.4 Å². The monoisotopic (exact) mass is 606 g/mol. The van der Waals surface area contributed by atoms with Gasteiger partial charge in [0.15, 0.2) is 5.78 Å². The van der Waals surface area contributed by atoms with Crippen LogP contribution in [-0.4, -0.2) is 17.6 Å². The van der Waals surface area contributed by atoms with Crippen molar-refractivity contribution in [2.45, 2.75) is 13.3 Å². The lowest BCUT2D eigenvalue weighted by Gasteiger charge is -2.13. The maximum atomic E-state index is 13.5. The minimum absolute atomic E-state index is 0.174. The van der Waals surface area contributed by atoms with Crippen LogP contribution in [0.1, 0.15) is 31.9 Å². The third-order valence-corrected chi connectivity index (χ3v) is 8.49. The molecule has 0 radical (unpaired) electrons. The third-order valence-electron chi connectivity index (χ3n) is 7.39. The van der Waals surface area contributed by atoms with Crippen molar-refractivity contribution in [1.29, 1.82) is 0 Å². The number of carbonyl (C=O) groups is 3. The summed E-state index contributed by atoms with van der Waals surface area (Å²) >= 11 is 1.60. The van der Waals surface area contributed by atoms with Crippen LogP contribution in [0, 0.1) is 6.92 Å². The van der Waals surface area contributed by atoms with Gasteiger partial charge in [-0.3, -0.25) is 14.4 Å². The Hall–Kier alpha value is -5.59. The number of anilines is 2. The number of hydrogen-bond donors (Lipinski definition) is 2. The molecule has 2 N–H and O–H groups in total. The van der Waals surface area contributed by atoms with Crippen LogP contribution in [0.15, 0.2) is 133 Å². The molecule has 2 amide bonds. The van der Waals surface area contributed by atoms with Crippen LogP contribution in [0.5, 0.6) is 0 Å². The predicted octanol–water partition coefficient (Wildman–Crippen LogP) is 8.94. The van der Waals surface area contributed by atoms with Gasteiger partial charge >= 0.3 is 0 Å². The van der Waals surface area contributed by atoms with Gasteiger partial charge in [-0.1, -0.05) is 96.6 Å². The molecule has 0 spiro atoms. The van der Waals surface area contributed by atoms with E-state index in [1.54, 1.807) is 59.9 Å². The summed E-state index contributed by atoms with van der Waals surface area (Å²) < 4.78 is 0. The Morgan fingerprint density at radius 1 is 0.711 bits per heavy atom. The molecule has 6 aromatic rings. The molecule has 5 nitrogen and oxygen atoms in total. The molecule has 0 atom stereocenters. The average molecular weight is 607 g/mol. The Morgan fingerprint density at radius 2 is 1.47 bits per heavy atom. The molecule has 0 unspecified atom stereocenters. The van der Waals surface area contributed by atoms with Crippen molar-refractivity contribution in [2.75, 3.05) is 10.6 Å². The van der Waals surface area contributed by atoms with Crippen molar-refractivity contribution < 1.29 is 14.4 Å². The molecular weight excluding hydrogens is 577 g/mol. The lowest BCUT2D eigenvalue weighted by molar-refractivity contribution is -0.115. The SMILES string of the molecule is Cc1ccc(CC(=O)Nc2ccc(NC(=O)/C=C/c3ccc(-c4ccc5ccccc5c4)s3)cc2C(=O)c2ccccc2)cc1. The molecule has 220 valence electrons. The van der Waals surface area contributed by atoms with Crippen molar-refractivity contribution in [3.05, 3.63) is 161 Å². The fraction of sp³-hybridized carbons (Fsp3) is 0.0513. The summed E-state index contributed by atoms with van der Waals surface area (Å²) in [6.45, 7) is 1.99. The van der Waals surface area contributed by atoms with Gasteiger partial charge in [-0.25, -0.2) is 0 Å². The van der Waals surface area contributed by atoms with E-state index in [-0.39, 0.29) is 24.0 Å². The zero-order valence-electron chi connectivity index (χ0n) is 24.6. The molecule has 0 aliphatic heterocycles. The molecule has 0 aliphatic rings. The number of ketones is 1. The number of carbonyl (C=O) groups excluding carboxylic acids is 3. The Balaban J connectivity index is 1.17. The van der Waals surface area contributed by atoms with Gasteiger partial charge in [0.05, 0.1) is 12.1 Å². The summed E-state index contributed by atoms with van der Waals surface area (Å²) in [5.74, 6) is -0.822. The minimum Gasteiger partial charge on any atom is -0.325 e. The maximum Gasteiger partial charge on any atom is 0.248 e. The topological polar surface area (TPSA) is 75.3 Å². The maximum absolute atomic E-state index is 13.5. The highest BCUT2D eigenvalue weighted by molar-refractivity contribution is 7.16. The highest BCUT2D eigenvalue weighted by Gasteiger charge is 2.17. The minimum atomic E-state index is -0.329. The summed E-state index contributed by atoms with van der Waals surface area (Å²) in [6.07, 6.45) is 3.43. The number of fused-ring (bicyclic) bond motifs is 1. The quantitative estimate of drug-likeness (QED) is 0.127. The summed E-state index contributed by atoms with van der Waals surface area (Å²) in [4.78, 5) is 41.4. The van der Waals surface area contributed by atoms with E-state index in [4.69, 9.17) is 0 Å². The molecule has 0 saturated carbocycles. The van der Waals surface area contributed by atoms with E-state index in [0.717, 1.165) is 26.4 Å². The van der Waals surface area contributed by atoms with Crippen LogP contribution in [0.25, 0.3) is 27.3 Å². The molecule has 0 aliphatic carbocycles. The number of nitrogens with one attached hydrogen (secondary N) is 2. The third kappa shape index (κ3) is 7.32. The zero-order valence-corrected chi connectivity index (χ0v) is 25.4. The summed E-state index contributed by atoms with van der Waals surface area (Å²) in [6, 6.07) is 40.2. The highest BCUT2D eigenvalue weighted by Crippen LogP contribution is 2.31. The number of aryl methyl sites for hydroxylation is 1. The number of thiophene rings is 1. The smallest absolute Gasteiger partial charge is 0.248 e. The number of rotatable bonds is 9. The van der Waals surface area contributed by atoms with Crippen molar-refractivity contribution >= 4 is 57.2 Å². The first-order chi connectivity index (χ1) is 21.9. The Bertz CT molecular complexity index is 2040. The number of benzene rings is 5. The van der Waals surface area contributed by atoms with Crippen LogP contribution in [0.4, 0.5) is 11.4 Å². The van der Waals surface area contributed by atoms with E-state index in [2.05, 4.69) is 47.0 Å². The van der Waals surface area contributed by atoms with Crippen LogP contribution in [0.3, 0.4) is 0 Å². The summed E-state index contributed by atoms with van der Waals surface area (Å²) in [5, 5.41) is 8.13. The molecular formula is C39H30N2O3S. The first-order valence-corrected chi connectivity index (χ1v) is 15.4. The molecule has 0 saturated heterocycles. The first kappa shape index (κ1) is 29.5. The molecule has 6 heteroatoms. The number of hydrogen-bond acceptors (Lipinski definition) is 4. The number of amides is 2. The second-order valence-electron chi connectivity index (χ2n) is 10.8. The fourth-order valence-corrected chi connectivity index (χ4v) is 5.94. The summed E-state index contributed by atoms with van der Waals surface area (Å²) in [5.41, 5.74) is 4.72. The van der Waals surface area contributed by atoms with E-state index in [1.807, 2.05) is 55.5 Å². The van der Waals surface area contributed by atoms with E-state index >= 15 is 0 Å². The van der Waals surface area contributed by atoms with Crippen LogP contribution in [-0.2, 0) is 16.0 Å². The zero-order chi connectivity index (χ0) is 31.2. The van der Waals surface area contributed by atoms with Crippen LogP contribution < -0.4 is 10.6 Å². The molecule has 0 bridgehead atoms. The first-order valence-electron chi connectivity index (χ1n) is 14.6. The standard InChI is InChI=1S/C39H30N2O3S/c1-26-11-13-27(14-12-26)23-38(43)41-35-20-17-32(25-34(35)39(44)29-8-3-2-4-9-29)40-37(42)22-19-33-18-21-36(45-33)31-16-15-28-7-5-6-10-30(28)24-31/h2-22,24-25H,23H2,1H3,(H,40,42)(H,41,43)/b22-19+. The van der Waals surface area contributed by atoms with Gasteiger partial charge in [0.25, 0.3) is 0 Å². The molecule has 6 rings (SSSR count). The van der Waals surface area contributed by atoms with Crippen LogP contribution >= 0.6 is 11.3 Å². The average Bonchev–Trinajstić information content (AvgIpc) is 3.55. The molecule has 5 aromatic carbocycles. The normalized spacial score (nSPS) is 11.0. The van der Waals surface area contributed by atoms with E-state index in [1.165, 1.54) is 16.8 Å². The second-order valence-corrected chi connectivity index (χ2v) is 11.9. The second kappa shape index (κ2) is 13.4. The van der Waals surface area contributed by atoms with Gasteiger partial charge in [0.2, 0.25) is 11.8 Å². The van der Waals surface area contributed by atoms with E-state index < -0.39 is 0 Å². The fourth-order valence-electron chi connectivity index (χ4n) is 5.03. The molecule has 0 fully saturated rings. The Labute approximate surface area is 265 Å². The Kier molecular flexibility index (Phi) is 8.76. The predicted molar refractivity (Wildman–Crippen MR) is 185 cm³/mol. The van der Waals surface area contributed by atoms with Gasteiger partial charge in [0.1, 0.15) is 0 Å². The lowest BCUT2D eigenvalue weighted by atomic mass is 10.0. The summed E-state index contributed by atoms with van der Waals surface area (Å²) in [7, 11) is 0. The molecule has 1 heterocycles. The van der Waals surface area contributed by atoms with Gasteiger partial charge in [-0.05, 0) is 71.3 Å².